The molecule has 1 unspecified atom stereocenters. The standard InChI is InChI=1S/C16H14BrClF2O/c1-9-7-14(17)10(2)6-13(9)15(18)11-4-3-5-12(8-11)21-16(19)20/h3-8,15-16H,1-2H3. The number of benzene rings is 2. The van der Waals surface area contributed by atoms with Gasteiger partial charge < -0.3 is 4.74 Å². The molecule has 0 aromatic heterocycles. The van der Waals surface area contributed by atoms with E-state index in [0.29, 0.717) is 0 Å². The van der Waals surface area contributed by atoms with Crippen molar-refractivity contribution in [2.24, 2.45) is 0 Å². The highest BCUT2D eigenvalue weighted by atomic mass is 79.9. The van der Waals surface area contributed by atoms with E-state index in [9.17, 15) is 8.78 Å². The molecule has 2 aromatic carbocycles. The number of ether oxygens (including phenoxy) is 1. The van der Waals surface area contributed by atoms with E-state index < -0.39 is 12.0 Å². The van der Waals surface area contributed by atoms with Crippen LogP contribution in [-0.4, -0.2) is 6.61 Å². The third-order valence-corrected chi connectivity index (χ3v) is 4.54. The predicted octanol–water partition coefficient (Wildman–Crippen LogP) is 6.00. The first kappa shape index (κ1) is 16.2. The van der Waals surface area contributed by atoms with Gasteiger partial charge in [-0.05, 0) is 54.3 Å². The molecule has 1 nitrogen and oxygen atoms in total. The molecule has 0 aliphatic carbocycles. The van der Waals surface area contributed by atoms with Crippen molar-refractivity contribution in [2.45, 2.75) is 25.8 Å². The molecule has 0 fully saturated rings. The Bertz CT molecular complexity index is 646. The fourth-order valence-electron chi connectivity index (χ4n) is 2.10. The van der Waals surface area contributed by atoms with Gasteiger partial charge in [-0.2, -0.15) is 8.78 Å². The minimum Gasteiger partial charge on any atom is -0.435 e. The molecule has 0 heterocycles. The van der Waals surface area contributed by atoms with Crippen LogP contribution >= 0.6 is 27.5 Å². The zero-order valence-electron chi connectivity index (χ0n) is 11.5. The van der Waals surface area contributed by atoms with Crippen LogP contribution in [0.2, 0.25) is 0 Å². The Morgan fingerprint density at radius 1 is 1.10 bits per heavy atom. The van der Waals surface area contributed by atoms with Crippen molar-refractivity contribution < 1.29 is 13.5 Å². The normalized spacial score (nSPS) is 12.5. The van der Waals surface area contributed by atoms with E-state index in [1.807, 2.05) is 26.0 Å². The second kappa shape index (κ2) is 6.75. The van der Waals surface area contributed by atoms with Crippen molar-refractivity contribution in [3.63, 3.8) is 0 Å². The van der Waals surface area contributed by atoms with Crippen molar-refractivity contribution >= 4 is 27.5 Å². The molecule has 21 heavy (non-hydrogen) atoms. The summed E-state index contributed by atoms with van der Waals surface area (Å²) in [6, 6.07) is 10.5. The van der Waals surface area contributed by atoms with E-state index in [1.54, 1.807) is 18.2 Å². The van der Waals surface area contributed by atoms with Crippen LogP contribution in [0.1, 0.15) is 27.6 Å². The maximum absolute atomic E-state index is 12.3. The van der Waals surface area contributed by atoms with E-state index in [1.165, 1.54) is 6.07 Å². The Labute approximate surface area is 136 Å². The Hall–Kier alpha value is -1.13. The van der Waals surface area contributed by atoms with Crippen LogP contribution in [0.3, 0.4) is 0 Å². The summed E-state index contributed by atoms with van der Waals surface area (Å²) in [5.41, 5.74) is 3.78. The van der Waals surface area contributed by atoms with Gasteiger partial charge in [0.15, 0.2) is 0 Å². The summed E-state index contributed by atoms with van der Waals surface area (Å²) in [7, 11) is 0. The van der Waals surface area contributed by atoms with Crippen LogP contribution in [0.15, 0.2) is 40.9 Å². The molecule has 1 atom stereocenters. The van der Waals surface area contributed by atoms with Crippen molar-refractivity contribution in [3.05, 3.63) is 63.1 Å². The predicted molar refractivity (Wildman–Crippen MR) is 84.4 cm³/mol. The molecule has 5 heteroatoms. The molecule has 0 bridgehead atoms. The third-order valence-electron chi connectivity index (χ3n) is 3.20. The Balaban J connectivity index is 2.36. The van der Waals surface area contributed by atoms with E-state index in [2.05, 4.69) is 20.7 Å². The van der Waals surface area contributed by atoms with Gasteiger partial charge in [-0.3, -0.25) is 0 Å². The zero-order valence-corrected chi connectivity index (χ0v) is 13.9. The SMILES string of the molecule is Cc1cc(C(Cl)c2cccc(OC(F)F)c2)c(C)cc1Br. The topological polar surface area (TPSA) is 9.23 Å². The number of hydrogen-bond acceptors (Lipinski definition) is 1. The van der Waals surface area contributed by atoms with Gasteiger partial charge in [-0.15, -0.1) is 11.6 Å². The Morgan fingerprint density at radius 3 is 2.48 bits per heavy atom. The quantitative estimate of drug-likeness (QED) is 0.596. The van der Waals surface area contributed by atoms with Crippen LogP contribution in [-0.2, 0) is 0 Å². The molecule has 0 amide bonds. The second-order valence-electron chi connectivity index (χ2n) is 4.77. The van der Waals surface area contributed by atoms with Crippen LogP contribution in [0, 0.1) is 13.8 Å². The molecule has 0 N–H and O–H groups in total. The molecular weight excluding hydrogens is 362 g/mol. The highest BCUT2D eigenvalue weighted by Gasteiger charge is 2.16. The van der Waals surface area contributed by atoms with E-state index in [-0.39, 0.29) is 5.75 Å². The van der Waals surface area contributed by atoms with Gasteiger partial charge >= 0.3 is 6.61 Å². The molecule has 0 aliphatic heterocycles. The fourth-order valence-corrected chi connectivity index (χ4v) is 2.93. The first-order valence-corrected chi connectivity index (χ1v) is 7.57. The molecule has 2 aromatic rings. The lowest BCUT2D eigenvalue weighted by molar-refractivity contribution is -0.0498. The third kappa shape index (κ3) is 3.95. The molecular formula is C16H14BrClF2O. The maximum Gasteiger partial charge on any atom is 0.387 e. The van der Waals surface area contributed by atoms with E-state index in [0.717, 1.165) is 26.7 Å². The van der Waals surface area contributed by atoms with Crippen LogP contribution in [0.5, 0.6) is 5.75 Å². The molecule has 112 valence electrons. The number of aryl methyl sites for hydroxylation is 2. The average molecular weight is 376 g/mol. The number of hydrogen-bond donors (Lipinski definition) is 0. The first-order valence-electron chi connectivity index (χ1n) is 6.34. The maximum atomic E-state index is 12.3. The monoisotopic (exact) mass is 374 g/mol. The lowest BCUT2D eigenvalue weighted by Crippen LogP contribution is -2.03. The van der Waals surface area contributed by atoms with Gasteiger partial charge in [0.05, 0.1) is 5.38 Å². The Kier molecular flexibility index (Phi) is 5.22. The second-order valence-corrected chi connectivity index (χ2v) is 6.06. The molecule has 0 saturated heterocycles. The average Bonchev–Trinajstić information content (AvgIpc) is 2.41. The van der Waals surface area contributed by atoms with Crippen molar-refractivity contribution in [3.8, 4) is 5.75 Å². The van der Waals surface area contributed by atoms with E-state index in [4.69, 9.17) is 11.6 Å². The minimum atomic E-state index is -2.84. The summed E-state index contributed by atoms with van der Waals surface area (Å²) in [5, 5.41) is -0.418. The van der Waals surface area contributed by atoms with Gasteiger partial charge in [-0.25, -0.2) is 0 Å². The van der Waals surface area contributed by atoms with Gasteiger partial charge in [0.25, 0.3) is 0 Å². The number of rotatable bonds is 4. The molecule has 0 aliphatic rings. The fraction of sp³-hybridized carbons (Fsp3) is 0.250. The van der Waals surface area contributed by atoms with Crippen molar-refractivity contribution in [1.29, 1.82) is 0 Å². The lowest BCUT2D eigenvalue weighted by Gasteiger charge is -2.16. The first-order chi connectivity index (χ1) is 9.88. The highest BCUT2D eigenvalue weighted by Crippen LogP contribution is 2.35. The largest absolute Gasteiger partial charge is 0.435 e. The number of alkyl halides is 3. The van der Waals surface area contributed by atoms with Crippen LogP contribution in [0.25, 0.3) is 0 Å². The minimum absolute atomic E-state index is 0.111. The Morgan fingerprint density at radius 2 is 1.81 bits per heavy atom. The van der Waals surface area contributed by atoms with E-state index >= 15 is 0 Å². The molecule has 0 saturated carbocycles. The summed E-state index contributed by atoms with van der Waals surface area (Å²) < 4.78 is 30.0. The van der Waals surface area contributed by atoms with Gasteiger partial charge in [0, 0.05) is 4.47 Å². The molecule has 0 radical (unpaired) electrons. The lowest BCUT2D eigenvalue weighted by atomic mass is 9.98. The summed E-state index contributed by atoms with van der Waals surface area (Å²) in [6.07, 6.45) is 0. The summed E-state index contributed by atoms with van der Waals surface area (Å²) in [5.74, 6) is 0.111. The van der Waals surface area contributed by atoms with Gasteiger partial charge in [0.1, 0.15) is 5.75 Å². The highest BCUT2D eigenvalue weighted by molar-refractivity contribution is 9.10. The van der Waals surface area contributed by atoms with Crippen molar-refractivity contribution in [1.82, 2.24) is 0 Å². The van der Waals surface area contributed by atoms with Crippen LogP contribution < -0.4 is 4.74 Å². The number of halogens is 4. The smallest absolute Gasteiger partial charge is 0.387 e. The summed E-state index contributed by atoms with van der Waals surface area (Å²) >= 11 is 9.99. The molecule has 2 rings (SSSR count). The van der Waals surface area contributed by atoms with Gasteiger partial charge in [0.2, 0.25) is 0 Å². The van der Waals surface area contributed by atoms with Crippen LogP contribution in [0.4, 0.5) is 8.78 Å². The zero-order chi connectivity index (χ0) is 15.6. The molecule has 0 spiro atoms. The summed E-state index contributed by atoms with van der Waals surface area (Å²) in [4.78, 5) is 0. The van der Waals surface area contributed by atoms with Crippen molar-refractivity contribution in [2.75, 3.05) is 0 Å². The summed E-state index contributed by atoms with van der Waals surface area (Å²) in [6.45, 7) is 1.10. The van der Waals surface area contributed by atoms with Gasteiger partial charge in [-0.1, -0.05) is 34.1 Å².